The monoisotopic (exact) mass is 237 g/mol. The van der Waals surface area contributed by atoms with E-state index in [1.807, 2.05) is 0 Å². The van der Waals surface area contributed by atoms with E-state index in [1.54, 1.807) is 6.07 Å². The zero-order valence-corrected chi connectivity index (χ0v) is 10.5. The third-order valence-electron chi connectivity index (χ3n) is 2.64. The van der Waals surface area contributed by atoms with Crippen LogP contribution in [-0.2, 0) is 4.74 Å². The fraction of sp³-hybridized carbons (Fsp3) is 0.500. The van der Waals surface area contributed by atoms with Gasteiger partial charge in [-0.1, -0.05) is 13.8 Å². The summed E-state index contributed by atoms with van der Waals surface area (Å²) in [7, 11) is 1.34. The Morgan fingerprint density at radius 1 is 1.53 bits per heavy atom. The zero-order valence-electron chi connectivity index (χ0n) is 10.5. The molecular weight excluding hydrogens is 218 g/mol. The molecule has 0 fully saturated rings. The van der Waals surface area contributed by atoms with Crippen LogP contribution in [0.15, 0.2) is 12.3 Å². The fourth-order valence-electron chi connectivity index (χ4n) is 1.55. The van der Waals surface area contributed by atoms with Crippen LogP contribution in [0.4, 0.5) is 11.5 Å². The van der Waals surface area contributed by atoms with Crippen LogP contribution in [0, 0.1) is 0 Å². The largest absolute Gasteiger partial charge is 0.465 e. The average Bonchev–Trinajstić information content (AvgIpc) is 2.36. The molecule has 0 amide bonds. The maximum absolute atomic E-state index is 11.6. The van der Waals surface area contributed by atoms with Crippen molar-refractivity contribution in [1.82, 2.24) is 4.98 Å². The molecule has 0 aliphatic carbocycles. The molecule has 94 valence electrons. The molecular formula is C12H19N3O2. The van der Waals surface area contributed by atoms with E-state index >= 15 is 0 Å². The number of hydrogen-bond donors (Lipinski definition) is 2. The molecule has 0 radical (unpaired) electrons. The van der Waals surface area contributed by atoms with Gasteiger partial charge in [-0.3, -0.25) is 0 Å². The maximum atomic E-state index is 11.6. The number of esters is 1. The minimum absolute atomic E-state index is 0.287. The summed E-state index contributed by atoms with van der Waals surface area (Å²) in [6, 6.07) is 1.86. The Labute approximate surface area is 101 Å². The molecule has 5 heteroatoms. The summed E-state index contributed by atoms with van der Waals surface area (Å²) in [5.41, 5.74) is 6.44. The van der Waals surface area contributed by atoms with E-state index < -0.39 is 5.97 Å². The first-order valence-electron chi connectivity index (χ1n) is 5.72. The van der Waals surface area contributed by atoms with Gasteiger partial charge in [0.2, 0.25) is 0 Å². The van der Waals surface area contributed by atoms with Gasteiger partial charge in [0.1, 0.15) is 11.4 Å². The van der Waals surface area contributed by atoms with Crippen LogP contribution in [0.5, 0.6) is 0 Å². The highest BCUT2D eigenvalue weighted by atomic mass is 16.5. The van der Waals surface area contributed by atoms with E-state index in [2.05, 4.69) is 24.1 Å². The number of nitrogens with zero attached hydrogens (tertiary/aromatic N) is 1. The van der Waals surface area contributed by atoms with Crippen LogP contribution in [0.3, 0.4) is 0 Å². The number of carbonyl (C=O) groups is 1. The first-order valence-corrected chi connectivity index (χ1v) is 5.72. The van der Waals surface area contributed by atoms with Crippen LogP contribution in [0.2, 0.25) is 0 Å². The quantitative estimate of drug-likeness (QED) is 0.766. The van der Waals surface area contributed by atoms with E-state index in [-0.39, 0.29) is 6.04 Å². The molecule has 5 nitrogen and oxygen atoms in total. The summed E-state index contributed by atoms with van der Waals surface area (Å²) in [5, 5.41) is 3.22. The third-order valence-corrected chi connectivity index (χ3v) is 2.64. The minimum Gasteiger partial charge on any atom is -0.465 e. The third kappa shape index (κ3) is 3.34. The van der Waals surface area contributed by atoms with Gasteiger partial charge in [-0.15, -0.1) is 0 Å². The van der Waals surface area contributed by atoms with Crippen LogP contribution in [0.25, 0.3) is 0 Å². The van der Waals surface area contributed by atoms with Gasteiger partial charge in [-0.2, -0.15) is 0 Å². The zero-order chi connectivity index (χ0) is 12.8. The van der Waals surface area contributed by atoms with Gasteiger partial charge in [-0.05, 0) is 18.9 Å². The second-order valence-electron chi connectivity index (χ2n) is 3.81. The van der Waals surface area contributed by atoms with Crippen LogP contribution in [-0.4, -0.2) is 24.1 Å². The van der Waals surface area contributed by atoms with Crippen molar-refractivity contribution in [3.63, 3.8) is 0 Å². The van der Waals surface area contributed by atoms with E-state index in [0.29, 0.717) is 17.1 Å². The number of pyridine rings is 1. The van der Waals surface area contributed by atoms with E-state index in [0.717, 1.165) is 12.8 Å². The smallest absolute Gasteiger partial charge is 0.341 e. The molecule has 17 heavy (non-hydrogen) atoms. The number of ether oxygens (including phenoxy) is 1. The number of rotatable bonds is 5. The lowest BCUT2D eigenvalue weighted by atomic mass is 10.1. The normalized spacial score (nSPS) is 10.4. The number of carbonyl (C=O) groups excluding carboxylic acids is 1. The van der Waals surface area contributed by atoms with Crippen LogP contribution >= 0.6 is 0 Å². The predicted octanol–water partition coefficient (Wildman–Crippen LogP) is 2.05. The summed E-state index contributed by atoms with van der Waals surface area (Å²) >= 11 is 0. The SMILES string of the molecule is CCC(CC)Nc1ncc(N)cc1C(=O)OC. The van der Waals surface area contributed by atoms with Crippen molar-refractivity contribution in [1.29, 1.82) is 0 Å². The number of methoxy groups -OCH3 is 1. The molecule has 0 saturated heterocycles. The molecule has 0 aromatic carbocycles. The number of hydrogen-bond acceptors (Lipinski definition) is 5. The van der Waals surface area contributed by atoms with Crippen molar-refractivity contribution in [3.05, 3.63) is 17.8 Å². The molecule has 0 saturated carbocycles. The number of nitrogens with one attached hydrogen (secondary N) is 1. The Morgan fingerprint density at radius 2 is 2.18 bits per heavy atom. The van der Waals surface area contributed by atoms with Crippen molar-refractivity contribution in [2.75, 3.05) is 18.2 Å². The van der Waals surface area contributed by atoms with Gasteiger partial charge in [-0.25, -0.2) is 9.78 Å². The minimum atomic E-state index is -0.432. The van der Waals surface area contributed by atoms with Gasteiger partial charge in [0.25, 0.3) is 0 Å². The van der Waals surface area contributed by atoms with Gasteiger partial charge in [0.05, 0.1) is 19.0 Å². The number of anilines is 2. The Kier molecular flexibility index (Phi) is 4.75. The van der Waals surface area contributed by atoms with Gasteiger partial charge in [0, 0.05) is 6.04 Å². The van der Waals surface area contributed by atoms with Crippen molar-refractivity contribution in [2.45, 2.75) is 32.7 Å². The maximum Gasteiger partial charge on any atom is 0.341 e. The Morgan fingerprint density at radius 3 is 2.71 bits per heavy atom. The second kappa shape index (κ2) is 6.08. The Bertz CT molecular complexity index is 389. The number of nitrogen functional groups attached to an aromatic ring is 1. The fourth-order valence-corrected chi connectivity index (χ4v) is 1.55. The van der Waals surface area contributed by atoms with Crippen molar-refractivity contribution in [3.8, 4) is 0 Å². The highest BCUT2D eigenvalue weighted by Crippen LogP contribution is 2.18. The number of aromatic nitrogens is 1. The highest BCUT2D eigenvalue weighted by Gasteiger charge is 2.15. The van der Waals surface area contributed by atoms with Crippen molar-refractivity contribution >= 4 is 17.5 Å². The molecule has 1 aromatic heterocycles. The van der Waals surface area contributed by atoms with Gasteiger partial charge >= 0.3 is 5.97 Å². The summed E-state index contributed by atoms with van der Waals surface area (Å²) in [5.74, 6) is 0.0954. The molecule has 3 N–H and O–H groups in total. The summed E-state index contributed by atoms with van der Waals surface area (Å²) in [6.45, 7) is 4.16. The molecule has 0 atom stereocenters. The average molecular weight is 237 g/mol. The van der Waals surface area contributed by atoms with Crippen LogP contribution in [0.1, 0.15) is 37.0 Å². The van der Waals surface area contributed by atoms with Crippen molar-refractivity contribution < 1.29 is 9.53 Å². The van der Waals surface area contributed by atoms with Gasteiger partial charge < -0.3 is 15.8 Å². The summed E-state index contributed by atoms with van der Waals surface area (Å²) < 4.78 is 4.71. The van der Waals surface area contributed by atoms with E-state index in [9.17, 15) is 4.79 Å². The van der Waals surface area contributed by atoms with Crippen LogP contribution < -0.4 is 11.1 Å². The highest BCUT2D eigenvalue weighted by molar-refractivity contribution is 5.95. The standard InChI is InChI=1S/C12H19N3O2/c1-4-9(5-2)15-11-10(12(16)17-3)6-8(13)7-14-11/h6-7,9H,4-5,13H2,1-3H3,(H,14,15). The molecule has 1 rings (SSSR count). The first-order chi connectivity index (χ1) is 8.12. The molecule has 1 aromatic rings. The second-order valence-corrected chi connectivity index (χ2v) is 3.81. The lowest BCUT2D eigenvalue weighted by molar-refractivity contribution is 0.0601. The van der Waals surface area contributed by atoms with Gasteiger partial charge in [0.15, 0.2) is 0 Å². The molecule has 0 aliphatic heterocycles. The Balaban J connectivity index is 3.01. The molecule has 0 spiro atoms. The molecule has 0 aliphatic rings. The lowest BCUT2D eigenvalue weighted by Gasteiger charge is -2.17. The predicted molar refractivity (Wildman–Crippen MR) is 68.0 cm³/mol. The van der Waals surface area contributed by atoms with E-state index in [4.69, 9.17) is 10.5 Å². The summed E-state index contributed by atoms with van der Waals surface area (Å²) in [6.07, 6.45) is 3.45. The Hall–Kier alpha value is -1.78. The molecule has 0 bridgehead atoms. The lowest BCUT2D eigenvalue weighted by Crippen LogP contribution is -2.20. The first kappa shape index (κ1) is 13.3. The van der Waals surface area contributed by atoms with Crippen molar-refractivity contribution in [2.24, 2.45) is 0 Å². The van der Waals surface area contributed by atoms with E-state index in [1.165, 1.54) is 13.3 Å². The molecule has 0 unspecified atom stereocenters. The molecule has 1 heterocycles. The topological polar surface area (TPSA) is 77.2 Å². The summed E-state index contributed by atoms with van der Waals surface area (Å²) in [4.78, 5) is 15.7. The number of nitrogens with two attached hydrogens (primary N) is 1.